The van der Waals surface area contributed by atoms with E-state index in [2.05, 4.69) is 0 Å². The fraction of sp³-hybridized carbons (Fsp3) is 0.200. The highest BCUT2D eigenvalue weighted by Crippen LogP contribution is 2.29. The Kier molecular flexibility index (Phi) is 4.47. The van der Waals surface area contributed by atoms with Crippen molar-refractivity contribution in [2.75, 3.05) is 7.11 Å². The average molecular weight is 310 g/mol. The quantitative estimate of drug-likeness (QED) is 0.797. The van der Waals surface area contributed by atoms with Crippen LogP contribution in [0.25, 0.3) is 0 Å². The molecule has 0 amide bonds. The van der Waals surface area contributed by atoms with Gasteiger partial charge in [0.1, 0.15) is 11.6 Å². The van der Waals surface area contributed by atoms with E-state index in [1.807, 2.05) is 6.92 Å². The summed E-state index contributed by atoms with van der Waals surface area (Å²) in [5, 5.41) is 0. The van der Waals surface area contributed by atoms with Crippen LogP contribution in [0.2, 0.25) is 0 Å². The number of benzene rings is 2. The highest BCUT2D eigenvalue weighted by molar-refractivity contribution is 7.86. The summed E-state index contributed by atoms with van der Waals surface area (Å²) in [4.78, 5) is 0. The number of ether oxygens (including phenoxy) is 1. The first kappa shape index (κ1) is 15.3. The van der Waals surface area contributed by atoms with Gasteiger partial charge in [0.05, 0.1) is 7.11 Å². The van der Waals surface area contributed by atoms with Crippen LogP contribution in [0.15, 0.2) is 42.5 Å². The predicted octanol–water partition coefficient (Wildman–Crippen LogP) is 3.05. The van der Waals surface area contributed by atoms with Gasteiger partial charge in [-0.1, -0.05) is 18.2 Å². The van der Waals surface area contributed by atoms with Crippen LogP contribution in [-0.2, 0) is 15.9 Å². The van der Waals surface area contributed by atoms with Gasteiger partial charge >= 0.3 is 10.1 Å². The van der Waals surface area contributed by atoms with Gasteiger partial charge in [-0.15, -0.1) is 0 Å². The predicted molar refractivity (Wildman–Crippen MR) is 77.4 cm³/mol. The second-order valence-electron chi connectivity index (χ2n) is 4.57. The Morgan fingerprint density at radius 2 is 1.71 bits per heavy atom. The minimum Gasteiger partial charge on any atom is -0.493 e. The van der Waals surface area contributed by atoms with E-state index in [0.29, 0.717) is 11.3 Å². The van der Waals surface area contributed by atoms with Crippen molar-refractivity contribution in [1.29, 1.82) is 0 Å². The molecule has 0 spiro atoms. The summed E-state index contributed by atoms with van der Waals surface area (Å²) in [6.45, 7) is 1.86. The Balaban J connectivity index is 2.19. The fourth-order valence-corrected chi connectivity index (χ4v) is 2.87. The standard InChI is InChI=1S/C15H15FO4S/c1-11-3-8-14(15(9-11)19-2)20-21(17,18)10-12-4-6-13(16)7-5-12/h3-9H,10H2,1-2H3. The second kappa shape index (κ2) is 6.13. The van der Waals surface area contributed by atoms with Crippen LogP contribution < -0.4 is 8.92 Å². The molecule has 0 fully saturated rings. The Labute approximate surface area is 123 Å². The van der Waals surface area contributed by atoms with Crippen LogP contribution in [0.3, 0.4) is 0 Å². The third-order valence-corrected chi connectivity index (χ3v) is 3.91. The molecule has 112 valence electrons. The zero-order chi connectivity index (χ0) is 15.5. The summed E-state index contributed by atoms with van der Waals surface area (Å²) in [6.07, 6.45) is 0. The summed E-state index contributed by atoms with van der Waals surface area (Å²) in [5.41, 5.74) is 1.37. The van der Waals surface area contributed by atoms with Gasteiger partial charge in [-0.25, -0.2) is 4.39 Å². The van der Waals surface area contributed by atoms with Crippen molar-refractivity contribution in [2.24, 2.45) is 0 Å². The lowest BCUT2D eigenvalue weighted by Crippen LogP contribution is -2.12. The lowest BCUT2D eigenvalue weighted by Gasteiger charge is -2.11. The first-order valence-corrected chi connectivity index (χ1v) is 7.78. The molecule has 0 aromatic heterocycles. The molecule has 4 nitrogen and oxygen atoms in total. The molecule has 0 saturated carbocycles. The summed E-state index contributed by atoms with van der Waals surface area (Å²) in [7, 11) is -2.41. The second-order valence-corrected chi connectivity index (χ2v) is 6.14. The zero-order valence-electron chi connectivity index (χ0n) is 11.7. The minimum atomic E-state index is -3.85. The number of hydrogen-bond donors (Lipinski definition) is 0. The molecule has 0 radical (unpaired) electrons. The Morgan fingerprint density at radius 3 is 2.33 bits per heavy atom. The number of aryl methyl sites for hydroxylation is 1. The molecule has 0 atom stereocenters. The maximum Gasteiger partial charge on any atom is 0.313 e. The lowest BCUT2D eigenvalue weighted by molar-refractivity contribution is 0.390. The summed E-state index contributed by atoms with van der Waals surface area (Å²) >= 11 is 0. The third kappa shape index (κ3) is 4.19. The van der Waals surface area contributed by atoms with E-state index < -0.39 is 15.9 Å². The van der Waals surface area contributed by atoms with E-state index >= 15 is 0 Å². The van der Waals surface area contributed by atoms with Crippen molar-refractivity contribution in [1.82, 2.24) is 0 Å². The molecule has 21 heavy (non-hydrogen) atoms. The Hall–Kier alpha value is -2.08. The third-order valence-electron chi connectivity index (χ3n) is 2.79. The number of methoxy groups -OCH3 is 1. The largest absolute Gasteiger partial charge is 0.493 e. The van der Waals surface area contributed by atoms with Gasteiger partial charge in [-0.05, 0) is 42.3 Å². The molecule has 6 heteroatoms. The van der Waals surface area contributed by atoms with Crippen molar-refractivity contribution in [3.8, 4) is 11.5 Å². The molecule has 0 saturated heterocycles. The van der Waals surface area contributed by atoms with E-state index in [-0.39, 0.29) is 11.5 Å². The highest BCUT2D eigenvalue weighted by atomic mass is 32.2. The Morgan fingerprint density at radius 1 is 1.05 bits per heavy atom. The van der Waals surface area contributed by atoms with Gasteiger partial charge in [0, 0.05) is 0 Å². The van der Waals surface area contributed by atoms with Gasteiger partial charge in [0.25, 0.3) is 0 Å². The van der Waals surface area contributed by atoms with Crippen LogP contribution in [0, 0.1) is 12.7 Å². The Bertz CT molecular complexity index is 724. The van der Waals surface area contributed by atoms with Crippen molar-refractivity contribution >= 4 is 10.1 Å². The molecule has 0 N–H and O–H groups in total. The van der Waals surface area contributed by atoms with Crippen molar-refractivity contribution in [3.05, 3.63) is 59.4 Å². The summed E-state index contributed by atoms with van der Waals surface area (Å²) in [5.74, 6) is -0.287. The maximum atomic E-state index is 12.8. The van der Waals surface area contributed by atoms with Gasteiger partial charge in [0.2, 0.25) is 0 Å². The maximum absolute atomic E-state index is 12.8. The molecular formula is C15H15FO4S. The van der Waals surface area contributed by atoms with Gasteiger partial charge in [-0.2, -0.15) is 8.42 Å². The van der Waals surface area contributed by atoms with E-state index in [9.17, 15) is 12.8 Å². The highest BCUT2D eigenvalue weighted by Gasteiger charge is 2.17. The molecule has 0 heterocycles. The van der Waals surface area contributed by atoms with Gasteiger partial charge in [-0.3, -0.25) is 0 Å². The minimum absolute atomic E-state index is 0.130. The zero-order valence-corrected chi connectivity index (χ0v) is 12.5. The summed E-state index contributed by atoms with van der Waals surface area (Å²) in [6, 6.07) is 10.2. The van der Waals surface area contributed by atoms with E-state index in [1.54, 1.807) is 12.1 Å². The van der Waals surface area contributed by atoms with Crippen LogP contribution in [0.4, 0.5) is 4.39 Å². The van der Waals surface area contributed by atoms with Crippen molar-refractivity contribution in [2.45, 2.75) is 12.7 Å². The molecule has 0 aliphatic rings. The number of halogens is 1. The molecule has 2 aromatic carbocycles. The van der Waals surface area contributed by atoms with Crippen molar-refractivity contribution < 1.29 is 21.7 Å². The molecule has 0 aliphatic carbocycles. The van der Waals surface area contributed by atoms with Crippen LogP contribution in [0.5, 0.6) is 11.5 Å². The van der Waals surface area contributed by atoms with Crippen LogP contribution >= 0.6 is 0 Å². The molecule has 2 rings (SSSR count). The van der Waals surface area contributed by atoms with E-state index in [1.165, 1.54) is 37.4 Å². The average Bonchev–Trinajstić information content (AvgIpc) is 2.43. The SMILES string of the molecule is COc1cc(C)ccc1OS(=O)(=O)Cc1ccc(F)cc1. The smallest absolute Gasteiger partial charge is 0.313 e. The topological polar surface area (TPSA) is 52.6 Å². The number of hydrogen-bond acceptors (Lipinski definition) is 4. The molecule has 0 unspecified atom stereocenters. The van der Waals surface area contributed by atoms with Crippen LogP contribution in [-0.4, -0.2) is 15.5 Å². The lowest BCUT2D eigenvalue weighted by atomic mass is 10.2. The monoisotopic (exact) mass is 310 g/mol. The van der Waals surface area contributed by atoms with Crippen LogP contribution in [0.1, 0.15) is 11.1 Å². The molecule has 0 bridgehead atoms. The summed E-state index contributed by atoms with van der Waals surface area (Å²) < 4.78 is 47.0. The first-order valence-electron chi connectivity index (χ1n) is 6.21. The molecule has 2 aromatic rings. The normalized spacial score (nSPS) is 11.2. The number of rotatable bonds is 5. The molecular weight excluding hydrogens is 295 g/mol. The van der Waals surface area contributed by atoms with Gasteiger partial charge < -0.3 is 8.92 Å². The first-order chi connectivity index (χ1) is 9.89. The van der Waals surface area contributed by atoms with E-state index in [0.717, 1.165) is 5.56 Å². The van der Waals surface area contributed by atoms with E-state index in [4.69, 9.17) is 8.92 Å². The molecule has 0 aliphatic heterocycles. The van der Waals surface area contributed by atoms with Gasteiger partial charge in [0.15, 0.2) is 11.5 Å². The fourth-order valence-electron chi connectivity index (χ4n) is 1.79. The van der Waals surface area contributed by atoms with Crippen molar-refractivity contribution in [3.63, 3.8) is 0 Å².